The Kier molecular flexibility index (Phi) is 5.27. The molecule has 0 saturated heterocycles. The minimum absolute atomic E-state index is 0.0342. The van der Waals surface area contributed by atoms with E-state index in [0.717, 1.165) is 25.7 Å². The number of benzene rings is 1. The van der Waals surface area contributed by atoms with Crippen LogP contribution in [0.25, 0.3) is 11.0 Å². The Balaban J connectivity index is 2.15. The van der Waals surface area contributed by atoms with Crippen LogP contribution in [0.1, 0.15) is 32.6 Å². The lowest BCUT2D eigenvalue weighted by Gasteiger charge is -2.07. The number of nitro benzene ring substituents is 1. The van der Waals surface area contributed by atoms with E-state index >= 15 is 0 Å². The molecule has 0 bridgehead atoms. The van der Waals surface area contributed by atoms with E-state index in [1.165, 1.54) is 18.2 Å². The van der Waals surface area contributed by atoms with E-state index < -0.39 is 4.92 Å². The molecule has 0 spiro atoms. The third-order valence-corrected chi connectivity index (χ3v) is 3.27. The Morgan fingerprint density at radius 3 is 2.76 bits per heavy atom. The molecule has 0 aliphatic rings. The standard InChI is InChI=1S/C14H16ClN3O3/c1-2-3-4-5-8-21-14-13(15)16-11-7-6-10(18(19)20)9-12(11)17-14/h6-7,9H,2-5,8H2,1H3. The molecule has 0 fully saturated rings. The molecule has 0 aliphatic heterocycles. The summed E-state index contributed by atoms with van der Waals surface area (Å²) in [6.07, 6.45) is 4.31. The second kappa shape index (κ2) is 7.17. The summed E-state index contributed by atoms with van der Waals surface area (Å²) in [5, 5.41) is 10.9. The molecule has 0 N–H and O–H groups in total. The van der Waals surface area contributed by atoms with Crippen molar-refractivity contribution in [2.45, 2.75) is 32.6 Å². The predicted octanol–water partition coefficient (Wildman–Crippen LogP) is 4.15. The van der Waals surface area contributed by atoms with Crippen LogP contribution >= 0.6 is 11.6 Å². The fourth-order valence-electron chi connectivity index (χ4n) is 1.91. The molecule has 21 heavy (non-hydrogen) atoms. The van der Waals surface area contributed by atoms with Gasteiger partial charge in [0.25, 0.3) is 11.6 Å². The van der Waals surface area contributed by atoms with Gasteiger partial charge in [-0.1, -0.05) is 37.8 Å². The summed E-state index contributed by atoms with van der Waals surface area (Å²) in [7, 11) is 0. The van der Waals surface area contributed by atoms with Crippen LogP contribution in [-0.4, -0.2) is 21.5 Å². The van der Waals surface area contributed by atoms with E-state index in [9.17, 15) is 10.1 Å². The van der Waals surface area contributed by atoms with Crippen LogP contribution in [0.2, 0.25) is 5.15 Å². The monoisotopic (exact) mass is 309 g/mol. The van der Waals surface area contributed by atoms with Gasteiger partial charge in [-0.15, -0.1) is 0 Å². The number of hydrogen-bond donors (Lipinski definition) is 0. The van der Waals surface area contributed by atoms with Crippen LogP contribution in [0, 0.1) is 10.1 Å². The van der Waals surface area contributed by atoms with Crippen molar-refractivity contribution < 1.29 is 9.66 Å². The summed E-state index contributed by atoms with van der Waals surface area (Å²) >= 11 is 6.01. The highest BCUT2D eigenvalue weighted by molar-refractivity contribution is 6.31. The SMILES string of the molecule is CCCCCCOc1nc2cc([N+](=O)[O-])ccc2nc1Cl. The molecule has 1 aromatic heterocycles. The second-order valence-corrected chi connectivity index (χ2v) is 5.02. The first kappa shape index (κ1) is 15.4. The first-order chi connectivity index (χ1) is 10.1. The summed E-state index contributed by atoms with van der Waals surface area (Å²) in [4.78, 5) is 18.7. The van der Waals surface area contributed by atoms with E-state index in [1.54, 1.807) is 0 Å². The lowest BCUT2D eigenvalue weighted by molar-refractivity contribution is -0.384. The van der Waals surface area contributed by atoms with E-state index in [4.69, 9.17) is 16.3 Å². The molecule has 0 unspecified atom stereocenters. The van der Waals surface area contributed by atoms with Gasteiger partial charge < -0.3 is 4.74 Å². The molecule has 0 atom stereocenters. The Labute approximate surface area is 127 Å². The van der Waals surface area contributed by atoms with E-state index in [-0.39, 0.29) is 16.7 Å². The molecule has 0 radical (unpaired) electrons. The van der Waals surface area contributed by atoms with Crippen molar-refractivity contribution in [3.8, 4) is 5.88 Å². The molecule has 1 heterocycles. The van der Waals surface area contributed by atoms with Gasteiger partial charge in [0.15, 0.2) is 5.15 Å². The first-order valence-corrected chi connectivity index (χ1v) is 7.24. The van der Waals surface area contributed by atoms with Crippen LogP contribution < -0.4 is 4.74 Å². The molecule has 0 amide bonds. The zero-order chi connectivity index (χ0) is 15.2. The second-order valence-electron chi connectivity index (χ2n) is 4.66. The van der Waals surface area contributed by atoms with E-state index in [1.807, 2.05) is 0 Å². The Morgan fingerprint density at radius 2 is 2.05 bits per heavy atom. The fourth-order valence-corrected chi connectivity index (χ4v) is 2.10. The van der Waals surface area contributed by atoms with Crippen molar-refractivity contribution in [3.63, 3.8) is 0 Å². The zero-order valence-electron chi connectivity index (χ0n) is 11.7. The topological polar surface area (TPSA) is 78.2 Å². The van der Waals surface area contributed by atoms with Gasteiger partial charge in [0.1, 0.15) is 0 Å². The summed E-state index contributed by atoms with van der Waals surface area (Å²) in [6, 6.07) is 4.26. The quantitative estimate of drug-likeness (QED) is 0.436. The lowest BCUT2D eigenvalue weighted by atomic mass is 10.2. The third-order valence-electron chi connectivity index (χ3n) is 3.02. The first-order valence-electron chi connectivity index (χ1n) is 6.86. The van der Waals surface area contributed by atoms with Crippen LogP contribution in [-0.2, 0) is 0 Å². The maximum atomic E-state index is 10.8. The van der Waals surface area contributed by atoms with Crippen molar-refractivity contribution in [1.82, 2.24) is 9.97 Å². The number of fused-ring (bicyclic) bond motifs is 1. The summed E-state index contributed by atoms with van der Waals surface area (Å²) in [5.74, 6) is 0.223. The van der Waals surface area contributed by atoms with Gasteiger partial charge in [0.05, 0.1) is 22.6 Å². The van der Waals surface area contributed by atoms with Crippen LogP contribution in [0.5, 0.6) is 5.88 Å². The average Bonchev–Trinajstić information content (AvgIpc) is 2.46. The van der Waals surface area contributed by atoms with Crippen LogP contribution in [0.15, 0.2) is 18.2 Å². The number of non-ortho nitro benzene ring substituents is 1. The van der Waals surface area contributed by atoms with Gasteiger partial charge in [0, 0.05) is 12.1 Å². The molecule has 2 aromatic rings. The maximum absolute atomic E-state index is 10.8. The molecule has 0 aliphatic carbocycles. The molecular formula is C14H16ClN3O3. The zero-order valence-corrected chi connectivity index (χ0v) is 12.5. The highest BCUT2D eigenvalue weighted by Gasteiger charge is 2.12. The van der Waals surface area contributed by atoms with Gasteiger partial charge in [-0.05, 0) is 12.5 Å². The van der Waals surface area contributed by atoms with Gasteiger partial charge in [0.2, 0.25) is 0 Å². The highest BCUT2D eigenvalue weighted by Crippen LogP contribution is 2.25. The lowest BCUT2D eigenvalue weighted by Crippen LogP contribution is -2.01. The summed E-state index contributed by atoms with van der Waals surface area (Å²) < 4.78 is 5.52. The van der Waals surface area contributed by atoms with Crippen LogP contribution in [0.4, 0.5) is 5.69 Å². The Bertz CT molecular complexity index is 649. The van der Waals surface area contributed by atoms with Crippen molar-refractivity contribution in [3.05, 3.63) is 33.5 Å². The molecule has 0 saturated carbocycles. The number of nitrogens with zero attached hydrogens (tertiary/aromatic N) is 3. The number of ether oxygens (including phenoxy) is 1. The molecule has 6 nitrogen and oxygen atoms in total. The Morgan fingerprint density at radius 1 is 1.24 bits per heavy atom. The average molecular weight is 310 g/mol. The summed E-state index contributed by atoms with van der Waals surface area (Å²) in [6.45, 7) is 2.65. The molecule has 112 valence electrons. The molecular weight excluding hydrogens is 294 g/mol. The van der Waals surface area contributed by atoms with Crippen molar-refractivity contribution >= 4 is 28.3 Å². The number of rotatable bonds is 7. The maximum Gasteiger partial charge on any atom is 0.271 e. The minimum Gasteiger partial charge on any atom is -0.475 e. The largest absolute Gasteiger partial charge is 0.475 e. The van der Waals surface area contributed by atoms with Crippen molar-refractivity contribution in [1.29, 1.82) is 0 Å². The van der Waals surface area contributed by atoms with Crippen molar-refractivity contribution in [2.75, 3.05) is 6.61 Å². The molecule has 2 rings (SSSR count). The van der Waals surface area contributed by atoms with Crippen molar-refractivity contribution in [2.24, 2.45) is 0 Å². The number of aromatic nitrogens is 2. The number of unbranched alkanes of at least 4 members (excludes halogenated alkanes) is 3. The fraction of sp³-hybridized carbons (Fsp3) is 0.429. The number of nitro groups is 1. The van der Waals surface area contributed by atoms with E-state index in [0.29, 0.717) is 17.6 Å². The highest BCUT2D eigenvalue weighted by atomic mass is 35.5. The van der Waals surface area contributed by atoms with E-state index in [2.05, 4.69) is 16.9 Å². The van der Waals surface area contributed by atoms with Gasteiger partial charge in [-0.2, -0.15) is 0 Å². The molecule has 1 aromatic carbocycles. The summed E-state index contributed by atoms with van der Waals surface area (Å²) in [5.41, 5.74) is 0.870. The van der Waals surface area contributed by atoms with Crippen LogP contribution in [0.3, 0.4) is 0 Å². The van der Waals surface area contributed by atoms with Gasteiger partial charge in [-0.25, -0.2) is 9.97 Å². The molecule has 7 heteroatoms. The van der Waals surface area contributed by atoms with Gasteiger partial charge in [-0.3, -0.25) is 10.1 Å². The minimum atomic E-state index is -0.471. The normalized spacial score (nSPS) is 10.8. The number of halogens is 1. The Hall–Kier alpha value is -1.95. The predicted molar refractivity (Wildman–Crippen MR) is 80.8 cm³/mol. The van der Waals surface area contributed by atoms with Gasteiger partial charge >= 0.3 is 0 Å². The number of hydrogen-bond acceptors (Lipinski definition) is 5. The third kappa shape index (κ3) is 4.01. The smallest absolute Gasteiger partial charge is 0.271 e.